The van der Waals surface area contributed by atoms with E-state index in [-0.39, 0.29) is 0 Å². The Morgan fingerprint density at radius 2 is 0.853 bits per heavy atom. The largest absolute Gasteiger partial charge is 0.329 e. The van der Waals surface area contributed by atoms with Gasteiger partial charge in [0.25, 0.3) is 0 Å². The number of fused-ring (bicyclic) bond motifs is 5. The van der Waals surface area contributed by atoms with Crippen molar-refractivity contribution < 1.29 is 22.0 Å². The Morgan fingerprint density at radius 3 is 1.43 bits per heavy atom. The van der Waals surface area contributed by atoms with Crippen molar-refractivity contribution in [2.75, 3.05) is 4.90 Å². The first kappa shape index (κ1) is 40.7. The molecule has 2 unspecified atom stereocenters. The fourth-order valence-corrected chi connectivity index (χ4v) is 12.5. The summed E-state index contributed by atoms with van der Waals surface area (Å²) in [5.41, 5.74) is 7.22. The molecule has 1 fully saturated rings. The lowest BCUT2D eigenvalue weighted by Gasteiger charge is -2.50. The zero-order valence-corrected chi connectivity index (χ0v) is 37.3. The van der Waals surface area contributed by atoms with E-state index in [1.54, 1.807) is 0 Å². The normalized spacial score (nSPS) is 18.1. The summed E-state index contributed by atoms with van der Waals surface area (Å²) in [6.07, 6.45) is 2.77. The molecule has 0 radical (unpaired) electrons. The first-order chi connectivity index (χ1) is 33.1. The Hall–Kier alpha value is -7.57. The summed E-state index contributed by atoms with van der Waals surface area (Å²) in [7, 11) is 0. The maximum atomic E-state index is 16.0. The number of halogens is 5. The van der Waals surface area contributed by atoms with E-state index >= 15 is 17.6 Å². The summed E-state index contributed by atoms with van der Waals surface area (Å²) in [6, 6.07) is 60.1. The van der Waals surface area contributed by atoms with Crippen LogP contribution in [0, 0.1) is 29.1 Å². The van der Waals surface area contributed by atoms with E-state index in [0.717, 1.165) is 111 Å². The molecule has 1 saturated carbocycles. The summed E-state index contributed by atoms with van der Waals surface area (Å²) in [5.74, 6) is -9.70. The van der Waals surface area contributed by atoms with Crippen molar-refractivity contribution in [2.45, 2.75) is 50.5 Å². The SMILES string of the molecule is CC12CCCCC1(C)N(c1c(F)c(F)c(F)c(F)c1F)c1ccc(-c3cc(-c4cccc5ccccc45)c4ccc5c(-c6ccccc6)cc(-c6cccc7ccccc67)c6ccc3c4c56)cc12. The summed E-state index contributed by atoms with van der Waals surface area (Å²) < 4.78 is 76.8. The van der Waals surface area contributed by atoms with Gasteiger partial charge in [-0.05, 0) is 148 Å². The highest BCUT2D eigenvalue weighted by Gasteiger charge is 2.59. The number of hydrogen-bond donors (Lipinski definition) is 0. The standard InChI is InChI=1S/C62H42F5N/c1-61-30-10-11-31-62(61,2)68(60-58(66)56(64)55(63)57(65)59(60)67)52-29-24-38(32-51(52)61)48-34-50(42-23-13-19-36-17-7-9-21-40(36)42)46-27-25-43-47(37-14-4-3-5-15-37)33-49(45-28-26-44(48)54(46)53(43)45)41-22-12-18-35-16-6-8-20-39(35)41/h3-9,12-29,32-34H,10-11,30-31H2,1-2H3. The van der Waals surface area contributed by atoms with Crippen LogP contribution in [0.3, 0.4) is 0 Å². The molecule has 0 spiro atoms. The van der Waals surface area contributed by atoms with Crippen LogP contribution in [-0.4, -0.2) is 5.54 Å². The fourth-order valence-electron chi connectivity index (χ4n) is 12.5. The Morgan fingerprint density at radius 1 is 0.382 bits per heavy atom. The highest BCUT2D eigenvalue weighted by molar-refractivity contribution is 6.33. The van der Waals surface area contributed by atoms with Gasteiger partial charge in [-0.3, -0.25) is 0 Å². The molecule has 1 aliphatic heterocycles. The molecule has 1 aliphatic carbocycles. The number of benzene rings is 11. The smallest absolute Gasteiger partial charge is 0.200 e. The van der Waals surface area contributed by atoms with Crippen LogP contribution in [0.1, 0.15) is 45.1 Å². The number of hydrogen-bond acceptors (Lipinski definition) is 1. The molecule has 330 valence electrons. The predicted octanol–water partition coefficient (Wildman–Crippen LogP) is 18.0. The van der Waals surface area contributed by atoms with Gasteiger partial charge in [0.15, 0.2) is 23.3 Å². The van der Waals surface area contributed by atoms with Gasteiger partial charge in [0.05, 0.1) is 5.54 Å². The van der Waals surface area contributed by atoms with Gasteiger partial charge in [-0.15, -0.1) is 0 Å². The molecule has 11 aromatic rings. The zero-order valence-electron chi connectivity index (χ0n) is 37.3. The molecule has 0 N–H and O–H groups in total. The molecule has 2 aliphatic rings. The minimum atomic E-state index is -2.16. The van der Waals surface area contributed by atoms with Crippen LogP contribution in [0.5, 0.6) is 0 Å². The molecule has 11 aromatic carbocycles. The molecule has 2 atom stereocenters. The lowest BCUT2D eigenvalue weighted by Crippen LogP contribution is -2.55. The molecule has 1 heterocycles. The third-order valence-corrected chi connectivity index (χ3v) is 16.0. The van der Waals surface area contributed by atoms with Gasteiger partial charge in [-0.1, -0.05) is 165 Å². The Balaban J connectivity index is 1.15. The number of anilines is 2. The maximum Gasteiger partial charge on any atom is 0.200 e. The molecule has 13 rings (SSSR count). The number of rotatable bonds is 5. The summed E-state index contributed by atoms with van der Waals surface area (Å²) in [4.78, 5) is 1.42. The molecule has 1 nitrogen and oxygen atoms in total. The van der Waals surface area contributed by atoms with Crippen LogP contribution in [0.25, 0.3) is 98.4 Å². The maximum absolute atomic E-state index is 16.0. The molecule has 6 heteroatoms. The molecule has 0 amide bonds. The lowest BCUT2D eigenvalue weighted by molar-refractivity contribution is 0.192. The van der Waals surface area contributed by atoms with Gasteiger partial charge in [-0.25, -0.2) is 22.0 Å². The van der Waals surface area contributed by atoms with E-state index in [2.05, 4.69) is 159 Å². The third-order valence-electron chi connectivity index (χ3n) is 16.0. The van der Waals surface area contributed by atoms with Gasteiger partial charge in [-0.2, -0.15) is 0 Å². The van der Waals surface area contributed by atoms with Crippen molar-refractivity contribution >= 4 is 65.2 Å². The van der Waals surface area contributed by atoms with Crippen LogP contribution in [0.15, 0.2) is 170 Å². The quantitative estimate of drug-likeness (QED) is 0.0720. The summed E-state index contributed by atoms with van der Waals surface area (Å²) >= 11 is 0. The average Bonchev–Trinajstić information content (AvgIpc) is 3.58. The van der Waals surface area contributed by atoms with Gasteiger partial charge >= 0.3 is 0 Å². The van der Waals surface area contributed by atoms with Crippen molar-refractivity contribution in [2.24, 2.45) is 0 Å². The van der Waals surface area contributed by atoms with E-state index in [1.807, 2.05) is 25.1 Å². The third kappa shape index (κ3) is 5.49. The zero-order chi connectivity index (χ0) is 46.2. The Kier molecular flexibility index (Phi) is 8.80. The van der Waals surface area contributed by atoms with Crippen LogP contribution in [0.4, 0.5) is 33.3 Å². The topological polar surface area (TPSA) is 3.24 Å². The first-order valence-corrected chi connectivity index (χ1v) is 23.3. The highest BCUT2D eigenvalue weighted by Crippen LogP contribution is 2.62. The summed E-state index contributed by atoms with van der Waals surface area (Å²) in [5, 5.41) is 11.3. The van der Waals surface area contributed by atoms with Crippen molar-refractivity contribution in [3.05, 3.63) is 205 Å². The van der Waals surface area contributed by atoms with Gasteiger partial charge in [0.1, 0.15) is 5.69 Å². The Bertz CT molecular complexity index is 3880. The van der Waals surface area contributed by atoms with Crippen LogP contribution in [-0.2, 0) is 5.41 Å². The van der Waals surface area contributed by atoms with Crippen molar-refractivity contribution in [3.63, 3.8) is 0 Å². The molecule has 0 aromatic heterocycles. The second-order valence-corrected chi connectivity index (χ2v) is 19.2. The molecular weight excluding hydrogens is 854 g/mol. The van der Waals surface area contributed by atoms with E-state index < -0.39 is 45.7 Å². The van der Waals surface area contributed by atoms with Gasteiger partial charge < -0.3 is 4.90 Å². The number of nitrogens with zero attached hydrogens (tertiary/aromatic N) is 1. The Labute approximate surface area is 390 Å². The average molecular weight is 896 g/mol. The van der Waals surface area contributed by atoms with Crippen molar-refractivity contribution in [1.82, 2.24) is 0 Å². The van der Waals surface area contributed by atoms with Crippen LogP contribution in [0.2, 0.25) is 0 Å². The van der Waals surface area contributed by atoms with Gasteiger partial charge in [0, 0.05) is 11.1 Å². The molecule has 0 saturated heterocycles. The monoisotopic (exact) mass is 895 g/mol. The predicted molar refractivity (Wildman–Crippen MR) is 269 cm³/mol. The second-order valence-electron chi connectivity index (χ2n) is 19.2. The second kappa shape index (κ2) is 14.7. The van der Waals surface area contributed by atoms with Crippen molar-refractivity contribution in [1.29, 1.82) is 0 Å². The minimum absolute atomic E-state index is 0.447. The van der Waals surface area contributed by atoms with Crippen LogP contribution < -0.4 is 4.90 Å². The highest BCUT2D eigenvalue weighted by atomic mass is 19.2. The van der Waals surface area contributed by atoms with Gasteiger partial charge in [0.2, 0.25) is 5.82 Å². The van der Waals surface area contributed by atoms with Crippen LogP contribution >= 0.6 is 0 Å². The van der Waals surface area contributed by atoms with E-state index in [0.29, 0.717) is 18.5 Å². The van der Waals surface area contributed by atoms with Crippen molar-refractivity contribution in [3.8, 4) is 44.5 Å². The fraction of sp³-hybridized carbons (Fsp3) is 0.129. The molecule has 0 bridgehead atoms. The lowest BCUT2D eigenvalue weighted by atomic mass is 9.61. The first-order valence-electron chi connectivity index (χ1n) is 23.3. The van der Waals surface area contributed by atoms with E-state index in [4.69, 9.17) is 0 Å². The van der Waals surface area contributed by atoms with E-state index in [9.17, 15) is 4.39 Å². The molecular formula is C62H42F5N. The molecule has 68 heavy (non-hydrogen) atoms. The summed E-state index contributed by atoms with van der Waals surface area (Å²) in [6.45, 7) is 4.00. The van der Waals surface area contributed by atoms with E-state index in [1.165, 1.54) is 10.3 Å². The minimum Gasteiger partial charge on any atom is -0.329 e.